The van der Waals surface area contributed by atoms with Crippen LogP contribution < -0.4 is 10.7 Å². The average Bonchev–Trinajstić information content (AvgIpc) is 2.67. The molecule has 0 radical (unpaired) electrons. The molecule has 1 N–H and O–H groups in total. The molecule has 2 heterocycles. The number of anilines is 1. The SMILES string of the molecule is CCOC(=O)c1cc(=O)c2cc(F)c(F)c(Br)c2n1-c1ccc(F)c(NC(C)(C)C)n1. The van der Waals surface area contributed by atoms with Crippen LogP contribution in [0.15, 0.2) is 33.5 Å². The van der Waals surface area contributed by atoms with Crippen LogP contribution in [-0.4, -0.2) is 27.7 Å². The first-order valence-electron chi connectivity index (χ1n) is 9.30. The number of esters is 1. The Labute approximate surface area is 184 Å². The van der Waals surface area contributed by atoms with E-state index in [1.807, 2.05) is 0 Å². The highest BCUT2D eigenvalue weighted by molar-refractivity contribution is 9.10. The summed E-state index contributed by atoms with van der Waals surface area (Å²) in [6, 6.07) is 4.06. The Balaban J connectivity index is 2.45. The summed E-state index contributed by atoms with van der Waals surface area (Å²) in [5.74, 6) is -4.16. The van der Waals surface area contributed by atoms with E-state index in [1.165, 1.54) is 6.07 Å². The molecule has 0 unspecified atom stereocenters. The third-order valence-electron chi connectivity index (χ3n) is 4.17. The average molecular weight is 498 g/mol. The van der Waals surface area contributed by atoms with Crippen LogP contribution in [0.3, 0.4) is 0 Å². The highest BCUT2D eigenvalue weighted by atomic mass is 79.9. The molecule has 0 aliphatic carbocycles. The number of rotatable bonds is 4. The van der Waals surface area contributed by atoms with Gasteiger partial charge in [0.25, 0.3) is 0 Å². The van der Waals surface area contributed by atoms with Crippen molar-refractivity contribution in [3.8, 4) is 5.82 Å². The molecule has 0 spiro atoms. The predicted octanol–water partition coefficient (Wildman–Crippen LogP) is 4.95. The van der Waals surface area contributed by atoms with Gasteiger partial charge in [-0.25, -0.2) is 22.9 Å². The van der Waals surface area contributed by atoms with Crippen LogP contribution in [0.1, 0.15) is 38.2 Å². The first-order valence-corrected chi connectivity index (χ1v) is 10.1. The van der Waals surface area contributed by atoms with Gasteiger partial charge in [-0.3, -0.25) is 9.36 Å². The fraction of sp³-hybridized carbons (Fsp3) is 0.286. The molecule has 1 aromatic carbocycles. The number of nitrogens with one attached hydrogen (secondary N) is 1. The van der Waals surface area contributed by atoms with Crippen molar-refractivity contribution in [2.45, 2.75) is 33.2 Å². The minimum atomic E-state index is -1.25. The maximum Gasteiger partial charge on any atom is 0.355 e. The van der Waals surface area contributed by atoms with Gasteiger partial charge in [-0.2, -0.15) is 0 Å². The fourth-order valence-corrected chi connectivity index (χ4v) is 3.55. The van der Waals surface area contributed by atoms with Crippen LogP contribution in [0.5, 0.6) is 0 Å². The minimum absolute atomic E-state index is 0.00656. The largest absolute Gasteiger partial charge is 0.461 e. The molecule has 0 aliphatic rings. The van der Waals surface area contributed by atoms with E-state index in [-0.39, 0.29) is 39.3 Å². The zero-order valence-electron chi connectivity index (χ0n) is 17.1. The molecule has 0 saturated heterocycles. The summed E-state index contributed by atoms with van der Waals surface area (Å²) in [5.41, 5.74) is -1.68. The molecule has 31 heavy (non-hydrogen) atoms. The van der Waals surface area contributed by atoms with Gasteiger partial charge in [0.1, 0.15) is 11.5 Å². The number of benzene rings is 1. The summed E-state index contributed by atoms with van der Waals surface area (Å²) in [7, 11) is 0. The van der Waals surface area contributed by atoms with E-state index >= 15 is 0 Å². The smallest absolute Gasteiger partial charge is 0.355 e. The van der Waals surface area contributed by atoms with Gasteiger partial charge in [-0.05, 0) is 61.8 Å². The topological polar surface area (TPSA) is 73.2 Å². The highest BCUT2D eigenvalue weighted by Crippen LogP contribution is 2.31. The number of carbonyl (C=O) groups excluding carboxylic acids is 1. The van der Waals surface area contributed by atoms with Crippen molar-refractivity contribution in [1.82, 2.24) is 9.55 Å². The van der Waals surface area contributed by atoms with E-state index in [0.29, 0.717) is 0 Å². The molecule has 3 aromatic rings. The summed E-state index contributed by atoms with van der Waals surface area (Å²) in [5, 5.41) is 2.71. The normalized spacial score (nSPS) is 11.6. The van der Waals surface area contributed by atoms with Crippen molar-refractivity contribution >= 4 is 38.6 Å². The van der Waals surface area contributed by atoms with Crippen molar-refractivity contribution < 1.29 is 22.7 Å². The van der Waals surface area contributed by atoms with E-state index in [1.54, 1.807) is 27.7 Å². The van der Waals surface area contributed by atoms with Crippen molar-refractivity contribution in [2.24, 2.45) is 0 Å². The van der Waals surface area contributed by atoms with Crippen molar-refractivity contribution in [3.63, 3.8) is 0 Å². The summed E-state index contributed by atoms with van der Waals surface area (Å²) < 4.78 is 48.5. The zero-order valence-corrected chi connectivity index (χ0v) is 18.7. The van der Waals surface area contributed by atoms with Gasteiger partial charge in [0.05, 0.1) is 22.0 Å². The number of aromatic nitrogens is 2. The van der Waals surface area contributed by atoms with E-state index in [9.17, 15) is 22.8 Å². The first-order chi connectivity index (χ1) is 14.4. The summed E-state index contributed by atoms with van der Waals surface area (Å²) in [6.45, 7) is 6.99. The van der Waals surface area contributed by atoms with Crippen LogP contribution in [-0.2, 0) is 4.74 Å². The molecule has 0 bridgehead atoms. The molecule has 2 aromatic heterocycles. The van der Waals surface area contributed by atoms with Crippen LogP contribution in [0.2, 0.25) is 0 Å². The highest BCUT2D eigenvalue weighted by Gasteiger charge is 2.24. The number of hydrogen-bond donors (Lipinski definition) is 1. The van der Waals surface area contributed by atoms with Crippen LogP contribution in [0.4, 0.5) is 19.0 Å². The zero-order chi connectivity index (χ0) is 23.1. The third kappa shape index (κ3) is 4.43. The molecule has 3 rings (SSSR count). The van der Waals surface area contributed by atoms with E-state index < -0.39 is 34.4 Å². The second-order valence-electron chi connectivity index (χ2n) is 7.71. The molecule has 10 heteroatoms. The Hall–Kier alpha value is -2.88. The molecule has 0 saturated carbocycles. The lowest BCUT2D eigenvalue weighted by Gasteiger charge is -2.23. The maximum atomic E-state index is 14.4. The number of hydrogen-bond acceptors (Lipinski definition) is 5. The van der Waals surface area contributed by atoms with Gasteiger partial charge >= 0.3 is 5.97 Å². The van der Waals surface area contributed by atoms with Crippen molar-refractivity contribution in [3.05, 3.63) is 62.1 Å². The van der Waals surface area contributed by atoms with E-state index in [4.69, 9.17) is 4.74 Å². The number of fused-ring (bicyclic) bond motifs is 1. The van der Waals surface area contributed by atoms with Gasteiger partial charge in [0.2, 0.25) is 0 Å². The Morgan fingerprint density at radius 2 is 1.87 bits per heavy atom. The number of halogens is 4. The van der Waals surface area contributed by atoms with Gasteiger partial charge in [-0.1, -0.05) is 0 Å². The molecular weight excluding hydrogens is 479 g/mol. The minimum Gasteiger partial charge on any atom is -0.461 e. The number of nitrogens with zero attached hydrogens (tertiary/aromatic N) is 2. The van der Waals surface area contributed by atoms with Gasteiger partial charge in [0, 0.05) is 11.6 Å². The summed E-state index contributed by atoms with van der Waals surface area (Å²) in [6.07, 6.45) is 0. The number of pyridine rings is 2. The quantitative estimate of drug-likeness (QED) is 0.407. The molecule has 0 atom stereocenters. The Bertz CT molecular complexity index is 1250. The second kappa shape index (κ2) is 8.33. The molecule has 0 aliphatic heterocycles. The fourth-order valence-electron chi connectivity index (χ4n) is 2.97. The van der Waals surface area contributed by atoms with Crippen molar-refractivity contribution in [1.29, 1.82) is 0 Å². The van der Waals surface area contributed by atoms with Crippen LogP contribution in [0.25, 0.3) is 16.7 Å². The lowest BCUT2D eigenvalue weighted by molar-refractivity contribution is 0.0516. The molecular formula is C21H19BrF3N3O3. The van der Waals surface area contributed by atoms with Gasteiger partial charge in [-0.15, -0.1) is 0 Å². The molecule has 164 valence electrons. The molecule has 0 amide bonds. The summed E-state index contributed by atoms with van der Waals surface area (Å²) in [4.78, 5) is 29.4. The number of ether oxygens (including phenoxy) is 1. The second-order valence-corrected chi connectivity index (χ2v) is 8.50. The van der Waals surface area contributed by atoms with Gasteiger partial charge in [0.15, 0.2) is 28.7 Å². The van der Waals surface area contributed by atoms with E-state index in [0.717, 1.165) is 22.8 Å². The summed E-state index contributed by atoms with van der Waals surface area (Å²) >= 11 is 2.97. The molecule has 0 fully saturated rings. The Morgan fingerprint density at radius 3 is 2.48 bits per heavy atom. The predicted molar refractivity (Wildman–Crippen MR) is 114 cm³/mol. The van der Waals surface area contributed by atoms with Crippen LogP contribution in [0, 0.1) is 17.5 Å². The first kappa shape index (κ1) is 22.8. The third-order valence-corrected chi connectivity index (χ3v) is 4.90. The Morgan fingerprint density at radius 1 is 1.19 bits per heavy atom. The van der Waals surface area contributed by atoms with E-state index in [2.05, 4.69) is 26.2 Å². The Kier molecular flexibility index (Phi) is 6.13. The lowest BCUT2D eigenvalue weighted by atomic mass is 10.1. The van der Waals surface area contributed by atoms with Crippen LogP contribution >= 0.6 is 15.9 Å². The standard InChI is InChI=1S/C21H19BrF3N3O3/c1-5-31-20(30)13-9-14(29)10-8-12(24)17(25)16(22)18(10)28(13)15-7-6-11(23)19(26-15)27-21(2,3)4/h6-9H,5H2,1-4H3,(H,26,27). The lowest BCUT2D eigenvalue weighted by Crippen LogP contribution is -2.28. The molecule has 6 nitrogen and oxygen atoms in total. The van der Waals surface area contributed by atoms with Gasteiger partial charge < -0.3 is 10.1 Å². The number of carbonyl (C=O) groups is 1. The monoisotopic (exact) mass is 497 g/mol. The maximum absolute atomic E-state index is 14.4. The van der Waals surface area contributed by atoms with Crippen molar-refractivity contribution in [2.75, 3.05) is 11.9 Å².